The van der Waals surface area contributed by atoms with Crippen LogP contribution in [0, 0.1) is 0 Å². The van der Waals surface area contributed by atoms with Crippen LogP contribution in [-0.2, 0) is 11.2 Å². The van der Waals surface area contributed by atoms with Crippen LogP contribution in [0.4, 0.5) is 0 Å². The zero-order valence-electron chi connectivity index (χ0n) is 11.0. The van der Waals surface area contributed by atoms with Crippen molar-refractivity contribution in [3.05, 3.63) is 29.8 Å². The van der Waals surface area contributed by atoms with Crippen LogP contribution >= 0.6 is 11.8 Å². The van der Waals surface area contributed by atoms with E-state index in [1.807, 2.05) is 7.11 Å². The molecular weight excluding hydrogens is 242 g/mol. The maximum atomic E-state index is 5.50. The van der Waals surface area contributed by atoms with Crippen molar-refractivity contribution in [3.8, 4) is 0 Å². The Morgan fingerprint density at radius 2 is 2.28 bits per heavy atom. The van der Waals surface area contributed by atoms with Crippen molar-refractivity contribution >= 4 is 11.8 Å². The molecule has 2 heterocycles. The van der Waals surface area contributed by atoms with Crippen LogP contribution in [-0.4, -0.2) is 43.0 Å². The van der Waals surface area contributed by atoms with Crippen LogP contribution in [0.15, 0.2) is 29.2 Å². The van der Waals surface area contributed by atoms with E-state index in [0.717, 1.165) is 11.8 Å². The smallest absolute Gasteiger partial charge is 0.0698 e. The molecule has 0 saturated carbocycles. The minimum Gasteiger partial charge on any atom is -0.380 e. The van der Waals surface area contributed by atoms with E-state index in [9.17, 15) is 0 Å². The quantitative estimate of drug-likeness (QED) is 0.832. The molecule has 0 aliphatic carbocycles. The van der Waals surface area contributed by atoms with Crippen molar-refractivity contribution in [1.29, 1.82) is 0 Å². The first-order chi connectivity index (χ1) is 8.85. The summed E-state index contributed by atoms with van der Waals surface area (Å²) in [5.41, 5.74) is 1.54. The monoisotopic (exact) mass is 263 g/mol. The Hall–Kier alpha value is -0.510. The van der Waals surface area contributed by atoms with Crippen LogP contribution in [0.1, 0.15) is 18.4 Å². The van der Waals surface area contributed by atoms with Crippen LogP contribution in [0.2, 0.25) is 0 Å². The molecule has 2 aliphatic rings. The molecule has 1 aromatic carbocycles. The van der Waals surface area contributed by atoms with E-state index in [1.54, 1.807) is 0 Å². The van der Waals surface area contributed by atoms with Crippen LogP contribution < -0.4 is 0 Å². The molecule has 2 aliphatic heterocycles. The lowest BCUT2D eigenvalue weighted by molar-refractivity contribution is 0.0317. The highest BCUT2D eigenvalue weighted by Crippen LogP contribution is 2.37. The number of rotatable bonds is 3. The molecule has 3 rings (SSSR count). The Balaban J connectivity index is 1.56. The number of thioether (sulfide) groups is 1. The van der Waals surface area contributed by atoms with Crippen molar-refractivity contribution < 1.29 is 4.74 Å². The Bertz CT molecular complexity index is 384. The summed E-state index contributed by atoms with van der Waals surface area (Å²) in [4.78, 5) is 4.07. The van der Waals surface area contributed by atoms with Gasteiger partial charge in [-0.1, -0.05) is 18.2 Å². The zero-order valence-corrected chi connectivity index (χ0v) is 11.8. The topological polar surface area (TPSA) is 12.5 Å². The second-order valence-corrected chi connectivity index (χ2v) is 6.65. The Kier molecular flexibility index (Phi) is 3.92. The molecule has 2 nitrogen and oxygen atoms in total. The van der Waals surface area contributed by atoms with Crippen molar-refractivity contribution in [2.45, 2.75) is 35.5 Å². The predicted molar refractivity (Wildman–Crippen MR) is 76.3 cm³/mol. The number of hydrogen-bond donors (Lipinski definition) is 0. The maximum Gasteiger partial charge on any atom is 0.0698 e. The molecule has 3 heteroatoms. The summed E-state index contributed by atoms with van der Waals surface area (Å²) in [6.07, 6.45) is 4.19. The number of ether oxygens (including phenoxy) is 1. The molecule has 0 N–H and O–H groups in total. The summed E-state index contributed by atoms with van der Waals surface area (Å²) < 4.78 is 5.50. The van der Waals surface area contributed by atoms with Gasteiger partial charge in [0.05, 0.1) is 6.10 Å². The van der Waals surface area contributed by atoms with Gasteiger partial charge in [0, 0.05) is 30.3 Å². The maximum absolute atomic E-state index is 5.50. The van der Waals surface area contributed by atoms with Gasteiger partial charge < -0.3 is 4.74 Å². The minimum absolute atomic E-state index is 0.451. The SMILES string of the molecule is COC1CCCN(CC2Cc3ccccc3S2)C1. The molecule has 0 amide bonds. The lowest BCUT2D eigenvalue weighted by Gasteiger charge is -2.33. The summed E-state index contributed by atoms with van der Waals surface area (Å²) in [7, 11) is 1.84. The Morgan fingerprint density at radius 3 is 3.11 bits per heavy atom. The number of methoxy groups -OCH3 is 1. The van der Waals surface area contributed by atoms with Gasteiger partial charge in [0.2, 0.25) is 0 Å². The third-order valence-electron chi connectivity index (χ3n) is 3.97. The standard InChI is InChI=1S/C15H21NOS/c1-17-13-6-4-8-16(10-13)11-14-9-12-5-2-3-7-15(12)18-14/h2-3,5,7,13-14H,4,6,8-11H2,1H3. The molecule has 2 unspecified atom stereocenters. The van der Waals surface area contributed by atoms with E-state index in [-0.39, 0.29) is 0 Å². The highest BCUT2D eigenvalue weighted by atomic mass is 32.2. The molecule has 1 saturated heterocycles. The van der Waals surface area contributed by atoms with Crippen molar-refractivity contribution in [2.75, 3.05) is 26.7 Å². The Labute approximate surface area is 114 Å². The molecule has 0 bridgehead atoms. The first-order valence-corrected chi connectivity index (χ1v) is 7.73. The number of hydrogen-bond acceptors (Lipinski definition) is 3. The molecule has 1 aromatic rings. The van der Waals surface area contributed by atoms with Gasteiger partial charge in [0.25, 0.3) is 0 Å². The van der Waals surface area contributed by atoms with E-state index < -0.39 is 0 Å². The van der Waals surface area contributed by atoms with E-state index in [0.29, 0.717) is 6.10 Å². The molecule has 0 radical (unpaired) electrons. The Morgan fingerprint density at radius 1 is 1.39 bits per heavy atom. The van der Waals surface area contributed by atoms with Gasteiger partial charge in [0.1, 0.15) is 0 Å². The third-order valence-corrected chi connectivity index (χ3v) is 5.27. The first kappa shape index (κ1) is 12.5. The average molecular weight is 263 g/mol. The minimum atomic E-state index is 0.451. The van der Waals surface area contributed by atoms with E-state index in [4.69, 9.17) is 4.74 Å². The van der Waals surface area contributed by atoms with Gasteiger partial charge in [-0.3, -0.25) is 4.90 Å². The van der Waals surface area contributed by atoms with Crippen molar-refractivity contribution in [1.82, 2.24) is 4.90 Å². The van der Waals surface area contributed by atoms with Crippen LogP contribution in [0.5, 0.6) is 0 Å². The lowest BCUT2D eigenvalue weighted by Crippen LogP contribution is -2.42. The average Bonchev–Trinajstić information content (AvgIpc) is 2.81. The highest BCUT2D eigenvalue weighted by Gasteiger charge is 2.26. The van der Waals surface area contributed by atoms with E-state index in [2.05, 4.69) is 40.9 Å². The van der Waals surface area contributed by atoms with Gasteiger partial charge >= 0.3 is 0 Å². The largest absolute Gasteiger partial charge is 0.380 e. The van der Waals surface area contributed by atoms with E-state index >= 15 is 0 Å². The van der Waals surface area contributed by atoms with Crippen LogP contribution in [0.25, 0.3) is 0 Å². The molecule has 0 spiro atoms. The molecule has 0 aromatic heterocycles. The number of piperidine rings is 1. The number of nitrogens with zero attached hydrogens (tertiary/aromatic N) is 1. The second kappa shape index (κ2) is 5.64. The predicted octanol–water partition coefficient (Wildman–Crippen LogP) is 2.81. The lowest BCUT2D eigenvalue weighted by atomic mass is 10.1. The molecule has 1 fully saturated rings. The summed E-state index contributed by atoms with van der Waals surface area (Å²) >= 11 is 2.06. The summed E-state index contributed by atoms with van der Waals surface area (Å²) in [5, 5.41) is 0.734. The van der Waals surface area contributed by atoms with Gasteiger partial charge in [-0.05, 0) is 37.4 Å². The number of fused-ring (bicyclic) bond motifs is 1. The van der Waals surface area contributed by atoms with Gasteiger partial charge in [-0.15, -0.1) is 11.8 Å². The van der Waals surface area contributed by atoms with Crippen molar-refractivity contribution in [2.24, 2.45) is 0 Å². The van der Waals surface area contributed by atoms with E-state index in [1.165, 1.54) is 42.8 Å². The fourth-order valence-corrected chi connectivity index (χ4v) is 4.38. The second-order valence-electron chi connectivity index (χ2n) is 5.31. The van der Waals surface area contributed by atoms with Gasteiger partial charge in [0.15, 0.2) is 0 Å². The fourth-order valence-electron chi connectivity index (χ4n) is 3.02. The summed E-state index contributed by atoms with van der Waals surface area (Å²) in [6, 6.07) is 8.84. The zero-order chi connectivity index (χ0) is 12.4. The third kappa shape index (κ3) is 2.73. The fraction of sp³-hybridized carbons (Fsp3) is 0.600. The van der Waals surface area contributed by atoms with Crippen LogP contribution in [0.3, 0.4) is 0 Å². The molecule has 98 valence electrons. The first-order valence-electron chi connectivity index (χ1n) is 6.85. The molecule has 18 heavy (non-hydrogen) atoms. The van der Waals surface area contributed by atoms with Gasteiger partial charge in [-0.2, -0.15) is 0 Å². The summed E-state index contributed by atoms with van der Waals surface area (Å²) in [5.74, 6) is 0. The highest BCUT2D eigenvalue weighted by molar-refractivity contribution is 8.00. The number of benzene rings is 1. The molecule has 2 atom stereocenters. The van der Waals surface area contributed by atoms with Crippen molar-refractivity contribution in [3.63, 3.8) is 0 Å². The summed E-state index contributed by atoms with van der Waals surface area (Å²) in [6.45, 7) is 3.57. The normalized spacial score (nSPS) is 28.3. The van der Waals surface area contributed by atoms with Gasteiger partial charge in [-0.25, -0.2) is 0 Å². The molecular formula is C15H21NOS. The number of likely N-dealkylation sites (tertiary alicyclic amines) is 1.